The zero-order chi connectivity index (χ0) is 33.6. The van der Waals surface area contributed by atoms with Crippen LogP contribution in [-0.2, 0) is 0 Å². The Morgan fingerprint density at radius 1 is 0.609 bits per heavy atom. The van der Waals surface area contributed by atoms with Gasteiger partial charge < -0.3 is 25.5 Å². The van der Waals surface area contributed by atoms with Gasteiger partial charge in [0, 0.05) is 51.6 Å². The van der Waals surface area contributed by atoms with Crippen molar-refractivity contribution < 1.29 is 39.9 Å². The van der Waals surface area contributed by atoms with Gasteiger partial charge in [-0.05, 0) is 18.3 Å². The van der Waals surface area contributed by atoms with Gasteiger partial charge in [-0.3, -0.25) is 14.4 Å². The average molecular weight is 625 g/mol. The van der Waals surface area contributed by atoms with Crippen LogP contribution in [-0.4, -0.2) is 42.9 Å². The summed E-state index contributed by atoms with van der Waals surface area (Å²) in [5.74, 6) is -7.39. The standard InChI is InChI=1S/C38H40O8/c1-6-7-8-17-24(39)27-36(44)30(25(18(2)3)28-32(40)20-13-9-10-14-21(20)33(28)41)38(46)31(37(27)45)26(19(4)5)29-34(42)22-15-11-12-16-23(22)35(29)43/h9-16,18-19,25-26,40,42,44-46H,6-8,17H2,1-5H3. The van der Waals surface area contributed by atoms with Gasteiger partial charge in [-0.2, -0.15) is 0 Å². The molecule has 3 aromatic carbocycles. The predicted molar refractivity (Wildman–Crippen MR) is 176 cm³/mol. The van der Waals surface area contributed by atoms with Crippen LogP contribution in [0.5, 0.6) is 17.2 Å². The molecule has 8 heteroatoms. The van der Waals surface area contributed by atoms with E-state index in [1.54, 1.807) is 76.2 Å². The van der Waals surface area contributed by atoms with Gasteiger partial charge in [-0.25, -0.2) is 0 Å². The molecule has 3 aromatic rings. The summed E-state index contributed by atoms with van der Waals surface area (Å²) in [6.45, 7) is 8.98. The monoisotopic (exact) mass is 624 g/mol. The number of aliphatic hydroxyl groups is 2. The van der Waals surface area contributed by atoms with Gasteiger partial charge in [0.05, 0.1) is 11.1 Å². The molecule has 2 unspecified atom stereocenters. The molecule has 5 rings (SSSR count). The maximum Gasteiger partial charge on any atom is 0.194 e. The van der Waals surface area contributed by atoms with Crippen molar-refractivity contribution in [1.29, 1.82) is 0 Å². The van der Waals surface area contributed by atoms with Crippen molar-refractivity contribution in [2.45, 2.75) is 72.1 Å². The van der Waals surface area contributed by atoms with Crippen LogP contribution in [0.25, 0.3) is 11.5 Å². The van der Waals surface area contributed by atoms with Crippen LogP contribution in [0, 0.1) is 11.8 Å². The molecule has 240 valence electrons. The number of aliphatic hydroxyl groups excluding tert-OH is 2. The van der Waals surface area contributed by atoms with Crippen LogP contribution < -0.4 is 0 Å². The Balaban J connectivity index is 1.83. The summed E-state index contributed by atoms with van der Waals surface area (Å²) in [4.78, 5) is 41.3. The number of carbonyl (C=O) groups is 3. The molecule has 2 atom stereocenters. The molecule has 0 saturated heterocycles. The molecule has 2 aliphatic carbocycles. The summed E-state index contributed by atoms with van der Waals surface area (Å²) in [7, 11) is 0. The summed E-state index contributed by atoms with van der Waals surface area (Å²) >= 11 is 0. The lowest BCUT2D eigenvalue weighted by Gasteiger charge is -2.30. The number of fused-ring (bicyclic) bond motifs is 2. The molecule has 0 fully saturated rings. The second-order valence-electron chi connectivity index (χ2n) is 12.8. The molecule has 0 aliphatic heterocycles. The maximum atomic E-state index is 13.8. The Morgan fingerprint density at radius 3 is 1.35 bits per heavy atom. The molecule has 5 N–H and O–H groups in total. The van der Waals surface area contributed by atoms with E-state index in [4.69, 9.17) is 0 Å². The predicted octanol–water partition coefficient (Wildman–Crippen LogP) is 8.38. The van der Waals surface area contributed by atoms with E-state index in [0.29, 0.717) is 17.5 Å². The number of allylic oxidation sites excluding steroid dienone is 2. The number of unbranched alkanes of at least 4 members (excludes halogenated alkanes) is 2. The lowest BCUT2D eigenvalue weighted by atomic mass is 9.73. The number of hydrogen-bond acceptors (Lipinski definition) is 8. The smallest absolute Gasteiger partial charge is 0.194 e. The van der Waals surface area contributed by atoms with Crippen LogP contribution in [0.1, 0.15) is 125 Å². The van der Waals surface area contributed by atoms with Crippen molar-refractivity contribution in [3.63, 3.8) is 0 Å². The van der Waals surface area contributed by atoms with Gasteiger partial charge in [0.1, 0.15) is 34.3 Å². The minimum absolute atomic E-state index is 0.00601. The number of phenols is 3. The summed E-state index contributed by atoms with van der Waals surface area (Å²) in [6.07, 6.45) is 2.04. The molecule has 0 aromatic heterocycles. The maximum absolute atomic E-state index is 13.8. The third-order valence-corrected chi connectivity index (χ3v) is 9.21. The first-order valence-electron chi connectivity index (χ1n) is 15.8. The topological polar surface area (TPSA) is 152 Å². The van der Waals surface area contributed by atoms with Crippen molar-refractivity contribution in [2.24, 2.45) is 11.8 Å². The highest BCUT2D eigenvalue weighted by atomic mass is 16.3. The summed E-state index contributed by atoms with van der Waals surface area (Å²) in [6, 6.07) is 13.1. The van der Waals surface area contributed by atoms with E-state index in [1.807, 2.05) is 6.92 Å². The summed E-state index contributed by atoms with van der Waals surface area (Å²) in [5.41, 5.74) is 0.179. The molecule has 2 aliphatic rings. The van der Waals surface area contributed by atoms with Crippen LogP contribution in [0.15, 0.2) is 59.7 Å². The third-order valence-electron chi connectivity index (χ3n) is 9.21. The largest absolute Gasteiger partial charge is 0.507 e. The normalized spacial score (nSPS) is 15.6. The van der Waals surface area contributed by atoms with Crippen LogP contribution in [0.3, 0.4) is 0 Å². The minimum atomic E-state index is -1.12. The second-order valence-corrected chi connectivity index (χ2v) is 12.8. The fourth-order valence-electron chi connectivity index (χ4n) is 7.03. The first-order valence-corrected chi connectivity index (χ1v) is 15.8. The quantitative estimate of drug-likeness (QED) is 0.105. The fraction of sp³-hybridized carbons (Fsp3) is 0.342. The van der Waals surface area contributed by atoms with E-state index >= 15 is 0 Å². The number of rotatable bonds is 11. The van der Waals surface area contributed by atoms with Crippen molar-refractivity contribution in [3.05, 3.63) is 98.6 Å². The Hall–Kier alpha value is -4.85. The van der Waals surface area contributed by atoms with E-state index in [0.717, 1.165) is 12.8 Å². The van der Waals surface area contributed by atoms with Crippen LogP contribution in [0.4, 0.5) is 0 Å². The van der Waals surface area contributed by atoms with Crippen molar-refractivity contribution in [2.75, 3.05) is 0 Å². The SMILES string of the molecule is CCCCCC(=O)c1c(O)c(C(C2=C(O)c3ccccc3C2=O)C(C)C)c(O)c(C(C2=C(O)c3ccccc3C2=O)C(C)C)c1O. The van der Waals surface area contributed by atoms with Gasteiger partial charge in [-0.1, -0.05) is 96.0 Å². The highest BCUT2D eigenvalue weighted by Gasteiger charge is 2.45. The molecule has 0 bridgehead atoms. The third kappa shape index (κ3) is 5.06. The van der Waals surface area contributed by atoms with E-state index in [1.165, 1.54) is 0 Å². The zero-order valence-corrected chi connectivity index (χ0v) is 26.7. The number of phenolic OH excluding ortho intramolecular Hbond substituents is 3. The Kier molecular flexibility index (Phi) is 8.85. The van der Waals surface area contributed by atoms with E-state index in [2.05, 4.69) is 0 Å². The Bertz CT molecular complexity index is 1710. The number of carbonyl (C=O) groups excluding carboxylic acids is 3. The van der Waals surface area contributed by atoms with Gasteiger partial charge in [0.2, 0.25) is 0 Å². The van der Waals surface area contributed by atoms with Gasteiger partial charge in [0.25, 0.3) is 0 Å². The molecular weight excluding hydrogens is 584 g/mol. The lowest BCUT2D eigenvalue weighted by Crippen LogP contribution is -2.20. The summed E-state index contributed by atoms with van der Waals surface area (Å²) in [5, 5.41) is 58.5. The molecule has 0 amide bonds. The number of Topliss-reactive ketones (excluding diaryl/α,β-unsaturated/α-hetero) is 3. The van der Waals surface area contributed by atoms with Crippen LogP contribution in [0.2, 0.25) is 0 Å². The number of aromatic hydroxyl groups is 3. The molecule has 0 heterocycles. The van der Waals surface area contributed by atoms with E-state index in [-0.39, 0.29) is 51.3 Å². The van der Waals surface area contributed by atoms with Gasteiger partial charge >= 0.3 is 0 Å². The lowest BCUT2D eigenvalue weighted by molar-refractivity contribution is 0.0972. The first-order chi connectivity index (χ1) is 21.8. The number of benzene rings is 3. The number of hydrogen-bond donors (Lipinski definition) is 5. The fourth-order valence-corrected chi connectivity index (χ4v) is 7.03. The average Bonchev–Trinajstić information content (AvgIpc) is 3.41. The second kappa shape index (κ2) is 12.5. The van der Waals surface area contributed by atoms with Crippen molar-refractivity contribution in [3.8, 4) is 17.2 Å². The molecular formula is C38H40O8. The highest BCUT2D eigenvalue weighted by Crippen LogP contribution is 2.57. The van der Waals surface area contributed by atoms with Gasteiger partial charge in [0.15, 0.2) is 17.3 Å². The van der Waals surface area contributed by atoms with Crippen LogP contribution >= 0.6 is 0 Å². The first kappa shape index (κ1) is 32.5. The molecule has 0 saturated carbocycles. The number of ketones is 3. The Morgan fingerprint density at radius 2 is 1.00 bits per heavy atom. The van der Waals surface area contributed by atoms with E-state index < -0.39 is 63.8 Å². The molecule has 8 nitrogen and oxygen atoms in total. The zero-order valence-electron chi connectivity index (χ0n) is 26.7. The Labute approximate surface area is 268 Å². The molecule has 0 spiro atoms. The van der Waals surface area contributed by atoms with E-state index in [9.17, 15) is 39.9 Å². The van der Waals surface area contributed by atoms with Crippen molar-refractivity contribution >= 4 is 28.9 Å². The molecule has 0 radical (unpaired) electrons. The van der Waals surface area contributed by atoms with Gasteiger partial charge in [-0.15, -0.1) is 0 Å². The minimum Gasteiger partial charge on any atom is -0.507 e. The van der Waals surface area contributed by atoms with Crippen molar-refractivity contribution in [1.82, 2.24) is 0 Å². The summed E-state index contributed by atoms with van der Waals surface area (Å²) < 4.78 is 0. The molecule has 46 heavy (non-hydrogen) atoms. The highest BCUT2D eigenvalue weighted by molar-refractivity contribution is 6.21.